The minimum absolute atomic E-state index is 0.150. The molecule has 0 fully saturated rings. The van der Waals surface area contributed by atoms with Crippen molar-refractivity contribution in [1.82, 2.24) is 5.32 Å². The molecule has 0 aliphatic rings. The number of aliphatic carboxylic acids is 1. The Balaban J connectivity index is 4.48. The summed E-state index contributed by atoms with van der Waals surface area (Å²) in [6.07, 6.45) is 50.6. The van der Waals surface area contributed by atoms with Gasteiger partial charge in [-0.15, -0.1) is 0 Å². The van der Waals surface area contributed by atoms with E-state index >= 15 is 0 Å². The highest BCUT2D eigenvalue weighted by Crippen LogP contribution is 2.14. The average molecular weight is 723 g/mol. The van der Waals surface area contributed by atoms with E-state index < -0.39 is 12.0 Å². The predicted octanol–water partition coefficient (Wildman–Crippen LogP) is 11.3. The zero-order valence-corrected chi connectivity index (χ0v) is 32.9. The zero-order chi connectivity index (χ0) is 38.2. The number of hydrogen-bond donors (Lipinski definition) is 3. The number of unbranched alkanes of at least 4 members (excludes halogenated alkanes) is 9. The van der Waals surface area contributed by atoms with Crippen LogP contribution in [0.15, 0.2) is 85.1 Å². The van der Waals surface area contributed by atoms with Gasteiger partial charge in [-0.05, 0) is 109 Å². The lowest BCUT2D eigenvalue weighted by Gasteiger charge is -2.15. The van der Waals surface area contributed by atoms with E-state index in [-0.39, 0.29) is 24.4 Å². The molecule has 1 amide bonds. The van der Waals surface area contributed by atoms with E-state index in [9.17, 15) is 19.5 Å². The fourth-order valence-corrected chi connectivity index (χ4v) is 5.43. The van der Waals surface area contributed by atoms with Crippen LogP contribution in [0.5, 0.6) is 0 Å². The second-order valence-electron chi connectivity index (χ2n) is 13.3. The second-order valence-corrected chi connectivity index (χ2v) is 13.3. The molecule has 7 nitrogen and oxygen atoms in total. The normalized spacial score (nSPS) is 13.6. The Hall–Kier alpha value is -3.45. The number of nitrogens with two attached hydrogens (primary N) is 1. The number of carbonyl (C=O) groups excluding carboxylic acids is 2. The Labute approximate surface area is 317 Å². The SMILES string of the molecule is CC/C=C\C/C=C\C/C=C\C/C=C\C(CCCCCC(=O)NC(CCCN)C(=O)O)OC(=O)CCCCCCCCC/C=C\C/C=C\C/C=C\CC. The molecule has 0 spiro atoms. The molecule has 0 aromatic carbocycles. The number of allylic oxidation sites excluding steroid dienone is 13. The molecule has 4 N–H and O–H groups in total. The average Bonchev–Trinajstić information content (AvgIpc) is 3.13. The minimum Gasteiger partial charge on any atom is -0.480 e. The van der Waals surface area contributed by atoms with Crippen LogP contribution in [-0.4, -0.2) is 41.6 Å². The molecule has 0 saturated heterocycles. The third kappa shape index (κ3) is 35.0. The van der Waals surface area contributed by atoms with E-state index in [1.54, 1.807) is 0 Å². The second kappa shape index (κ2) is 38.8. The summed E-state index contributed by atoms with van der Waals surface area (Å²) in [5, 5.41) is 11.9. The Morgan fingerprint density at radius 1 is 0.577 bits per heavy atom. The van der Waals surface area contributed by atoms with Crippen molar-refractivity contribution in [2.24, 2.45) is 5.73 Å². The maximum absolute atomic E-state index is 12.7. The fourth-order valence-electron chi connectivity index (χ4n) is 5.43. The van der Waals surface area contributed by atoms with E-state index in [4.69, 9.17) is 10.5 Å². The van der Waals surface area contributed by atoms with Gasteiger partial charge in [0.1, 0.15) is 12.1 Å². The molecule has 0 radical (unpaired) electrons. The zero-order valence-electron chi connectivity index (χ0n) is 32.9. The Bertz CT molecular complexity index is 1090. The third-order valence-corrected chi connectivity index (χ3v) is 8.44. The van der Waals surface area contributed by atoms with Gasteiger partial charge in [0.2, 0.25) is 5.91 Å². The van der Waals surface area contributed by atoms with Gasteiger partial charge in [-0.1, -0.05) is 131 Å². The molecular formula is C45H74N2O5. The first-order valence-electron chi connectivity index (χ1n) is 20.4. The van der Waals surface area contributed by atoms with Gasteiger partial charge in [0.15, 0.2) is 0 Å². The highest BCUT2D eigenvalue weighted by molar-refractivity contribution is 5.83. The topological polar surface area (TPSA) is 119 Å². The number of hydrogen-bond acceptors (Lipinski definition) is 5. The third-order valence-electron chi connectivity index (χ3n) is 8.44. The Morgan fingerprint density at radius 3 is 1.62 bits per heavy atom. The number of carboxylic acid groups (broad SMARTS) is 1. The summed E-state index contributed by atoms with van der Waals surface area (Å²) < 4.78 is 5.88. The first-order valence-corrected chi connectivity index (χ1v) is 20.4. The molecule has 7 heteroatoms. The van der Waals surface area contributed by atoms with E-state index in [0.29, 0.717) is 38.6 Å². The van der Waals surface area contributed by atoms with Crippen molar-refractivity contribution in [2.75, 3.05) is 6.54 Å². The number of carbonyl (C=O) groups is 3. The summed E-state index contributed by atoms with van der Waals surface area (Å²) in [7, 11) is 0. The molecule has 2 unspecified atom stereocenters. The van der Waals surface area contributed by atoms with E-state index in [0.717, 1.165) is 83.5 Å². The number of ether oxygens (including phenoxy) is 1. The molecule has 0 aromatic heterocycles. The lowest BCUT2D eigenvalue weighted by molar-refractivity contribution is -0.147. The van der Waals surface area contributed by atoms with Crippen molar-refractivity contribution in [3.05, 3.63) is 85.1 Å². The molecule has 0 aliphatic heterocycles. The lowest BCUT2D eigenvalue weighted by atomic mass is 10.1. The maximum atomic E-state index is 12.7. The molecule has 0 heterocycles. The van der Waals surface area contributed by atoms with Crippen LogP contribution in [0.1, 0.15) is 162 Å². The van der Waals surface area contributed by atoms with Gasteiger partial charge >= 0.3 is 11.9 Å². The smallest absolute Gasteiger partial charge is 0.326 e. The highest BCUT2D eigenvalue weighted by Gasteiger charge is 2.19. The van der Waals surface area contributed by atoms with Crippen LogP contribution in [0.4, 0.5) is 0 Å². The summed E-state index contributed by atoms with van der Waals surface area (Å²) in [5.41, 5.74) is 5.48. The molecule has 0 bridgehead atoms. The summed E-state index contributed by atoms with van der Waals surface area (Å²) in [6.45, 7) is 4.68. The Morgan fingerprint density at radius 2 is 1.06 bits per heavy atom. The van der Waals surface area contributed by atoms with Crippen LogP contribution < -0.4 is 11.1 Å². The standard InChI is InChI=1S/C45H74N2O5/c1-3-5-7-9-11-13-15-16-17-18-19-20-22-24-26-28-33-39-44(49)52-41(35-30-27-25-23-21-14-12-10-8-6-4-2)36-31-29-32-38-43(48)47-42(45(50)51)37-34-40-46/h5-8,11-14,16-17,23,25,30,35,41-42H,3-4,9-10,15,18-22,24,26-29,31-34,36-40,46H2,1-2H3,(H,47,48)(H,50,51)/b7-5-,8-6-,13-11-,14-12-,17-16-,25-23-,35-30-. The lowest BCUT2D eigenvalue weighted by Crippen LogP contribution is -2.40. The van der Waals surface area contributed by atoms with Crippen molar-refractivity contribution < 1.29 is 24.2 Å². The van der Waals surface area contributed by atoms with Crippen LogP contribution >= 0.6 is 0 Å². The summed E-state index contributed by atoms with van der Waals surface area (Å²) >= 11 is 0. The van der Waals surface area contributed by atoms with E-state index in [2.05, 4.69) is 98.2 Å². The van der Waals surface area contributed by atoms with Gasteiger partial charge in [-0.3, -0.25) is 9.59 Å². The van der Waals surface area contributed by atoms with Crippen LogP contribution in [0.25, 0.3) is 0 Å². The Kier molecular flexibility index (Phi) is 36.2. The van der Waals surface area contributed by atoms with Crippen molar-refractivity contribution in [3.63, 3.8) is 0 Å². The molecule has 52 heavy (non-hydrogen) atoms. The number of esters is 1. The molecule has 294 valence electrons. The predicted molar refractivity (Wildman–Crippen MR) is 220 cm³/mol. The van der Waals surface area contributed by atoms with Gasteiger partial charge in [0, 0.05) is 12.8 Å². The van der Waals surface area contributed by atoms with Gasteiger partial charge in [-0.25, -0.2) is 4.79 Å². The number of rotatable bonds is 35. The van der Waals surface area contributed by atoms with Gasteiger partial charge in [0.25, 0.3) is 0 Å². The minimum atomic E-state index is -1.03. The largest absolute Gasteiger partial charge is 0.480 e. The monoisotopic (exact) mass is 723 g/mol. The maximum Gasteiger partial charge on any atom is 0.326 e. The molecule has 0 saturated carbocycles. The molecule has 0 aromatic rings. The van der Waals surface area contributed by atoms with Crippen molar-refractivity contribution in [1.29, 1.82) is 0 Å². The van der Waals surface area contributed by atoms with Crippen molar-refractivity contribution >= 4 is 17.8 Å². The summed E-state index contributed by atoms with van der Waals surface area (Å²) in [6, 6.07) is -0.897. The first-order chi connectivity index (χ1) is 25.4. The fraction of sp³-hybridized carbons (Fsp3) is 0.622. The number of carboxylic acids is 1. The van der Waals surface area contributed by atoms with E-state index in [1.807, 2.05) is 6.08 Å². The highest BCUT2D eigenvalue weighted by atomic mass is 16.5. The van der Waals surface area contributed by atoms with Gasteiger partial charge in [-0.2, -0.15) is 0 Å². The van der Waals surface area contributed by atoms with Crippen LogP contribution in [0.2, 0.25) is 0 Å². The van der Waals surface area contributed by atoms with Crippen molar-refractivity contribution in [3.8, 4) is 0 Å². The van der Waals surface area contributed by atoms with Crippen molar-refractivity contribution in [2.45, 2.75) is 174 Å². The molecule has 0 rings (SSSR count). The van der Waals surface area contributed by atoms with Crippen LogP contribution in [0, 0.1) is 0 Å². The quantitative estimate of drug-likeness (QED) is 0.0340. The summed E-state index contributed by atoms with van der Waals surface area (Å²) in [5.74, 6) is -1.44. The van der Waals surface area contributed by atoms with Gasteiger partial charge < -0.3 is 20.9 Å². The molecule has 2 atom stereocenters. The van der Waals surface area contributed by atoms with Crippen LogP contribution in [0.3, 0.4) is 0 Å². The molecular weight excluding hydrogens is 649 g/mol. The van der Waals surface area contributed by atoms with Crippen LogP contribution in [-0.2, 0) is 19.1 Å². The number of amides is 1. The molecule has 0 aliphatic carbocycles. The summed E-state index contributed by atoms with van der Waals surface area (Å²) in [4.78, 5) is 36.4. The first kappa shape index (κ1) is 48.5. The number of nitrogens with one attached hydrogen (secondary N) is 1. The van der Waals surface area contributed by atoms with Gasteiger partial charge in [0.05, 0.1) is 0 Å². The van der Waals surface area contributed by atoms with E-state index in [1.165, 1.54) is 25.7 Å².